The first-order valence-electron chi connectivity index (χ1n) is 12.4. The van der Waals surface area contributed by atoms with Crippen LogP contribution >= 0.6 is 0 Å². The molecule has 3 aliphatic heterocycles. The number of H-pyrrole nitrogens is 1. The number of hydrogen-bond acceptors (Lipinski definition) is 5. The summed E-state index contributed by atoms with van der Waals surface area (Å²) in [5, 5.41) is 3.54. The van der Waals surface area contributed by atoms with Crippen LogP contribution in [0.1, 0.15) is 40.0 Å². The van der Waals surface area contributed by atoms with Gasteiger partial charge in [-0.15, -0.1) is 0 Å². The lowest BCUT2D eigenvalue weighted by Gasteiger charge is -2.36. The summed E-state index contributed by atoms with van der Waals surface area (Å²) in [4.78, 5) is 46.1. The molecule has 186 valence electrons. The van der Waals surface area contributed by atoms with Gasteiger partial charge in [0.25, 0.3) is 5.91 Å². The van der Waals surface area contributed by atoms with Crippen molar-refractivity contribution in [2.75, 3.05) is 31.1 Å². The third-order valence-electron chi connectivity index (χ3n) is 7.75. The number of hydrogen-bond donors (Lipinski definition) is 2. The SMILES string of the molecule is Cc1c(CN2CCN(c3cc4c(cc3F)C(=O)N(C3CCC(=O)NC3=O)C4)CC2)[nH]c2ccccc12. The maximum atomic E-state index is 15.2. The Morgan fingerprint density at radius 1 is 1.06 bits per heavy atom. The average Bonchev–Trinajstić information content (AvgIpc) is 3.35. The summed E-state index contributed by atoms with van der Waals surface area (Å²) in [7, 11) is 0. The maximum absolute atomic E-state index is 15.2. The number of nitrogens with zero attached hydrogens (tertiary/aromatic N) is 3. The van der Waals surface area contributed by atoms with Crippen molar-refractivity contribution in [3.63, 3.8) is 0 Å². The van der Waals surface area contributed by atoms with E-state index in [-0.39, 0.29) is 31.2 Å². The van der Waals surface area contributed by atoms with Crippen molar-refractivity contribution in [2.45, 2.75) is 38.9 Å². The normalized spacial score (nSPS) is 20.8. The van der Waals surface area contributed by atoms with Crippen LogP contribution in [0.15, 0.2) is 36.4 Å². The van der Waals surface area contributed by atoms with E-state index >= 15 is 4.39 Å². The predicted molar refractivity (Wildman–Crippen MR) is 133 cm³/mol. The van der Waals surface area contributed by atoms with Gasteiger partial charge in [-0.25, -0.2) is 4.39 Å². The number of carbonyl (C=O) groups is 3. The van der Waals surface area contributed by atoms with E-state index in [9.17, 15) is 14.4 Å². The molecule has 1 unspecified atom stereocenters. The van der Waals surface area contributed by atoms with E-state index in [0.29, 0.717) is 24.3 Å². The number of rotatable bonds is 4. The molecule has 0 radical (unpaired) electrons. The topological polar surface area (TPSA) is 88.8 Å². The van der Waals surface area contributed by atoms with Gasteiger partial charge in [0.15, 0.2) is 0 Å². The molecular formula is C27H28FN5O3. The predicted octanol–water partition coefficient (Wildman–Crippen LogP) is 2.70. The number of nitrogens with one attached hydrogen (secondary N) is 2. The van der Waals surface area contributed by atoms with E-state index in [1.165, 1.54) is 27.6 Å². The number of fused-ring (bicyclic) bond motifs is 2. The summed E-state index contributed by atoms with van der Waals surface area (Å²) in [6.45, 7) is 6.16. The number of imide groups is 1. The smallest absolute Gasteiger partial charge is 0.255 e. The molecule has 9 heteroatoms. The number of amides is 3. The number of aromatic nitrogens is 1. The second-order valence-electron chi connectivity index (χ2n) is 9.90. The molecule has 2 aromatic carbocycles. The van der Waals surface area contributed by atoms with Crippen molar-refractivity contribution in [1.82, 2.24) is 20.1 Å². The summed E-state index contributed by atoms with van der Waals surface area (Å²) >= 11 is 0. The van der Waals surface area contributed by atoms with Gasteiger partial charge in [0.05, 0.1) is 5.69 Å². The molecule has 3 aromatic rings. The Kier molecular flexibility index (Phi) is 5.52. The largest absolute Gasteiger partial charge is 0.367 e. The molecular weight excluding hydrogens is 461 g/mol. The highest BCUT2D eigenvalue weighted by molar-refractivity contribution is 6.05. The zero-order valence-corrected chi connectivity index (χ0v) is 20.1. The molecule has 0 spiro atoms. The monoisotopic (exact) mass is 489 g/mol. The Morgan fingerprint density at radius 2 is 1.83 bits per heavy atom. The Balaban J connectivity index is 1.14. The summed E-state index contributed by atoms with van der Waals surface area (Å²) < 4.78 is 15.2. The standard InChI is InChI=1S/C27H28FN5O3/c1-16-18-4-2-3-5-21(18)29-22(16)15-31-8-10-32(11-9-31)24-12-17-14-33(27(36)19(17)13-20(24)28)23-6-7-25(34)30-26(23)35/h2-5,12-13,23,29H,6-11,14-15H2,1H3,(H,30,34,35). The van der Waals surface area contributed by atoms with Crippen molar-refractivity contribution in [3.05, 3.63) is 64.6 Å². The molecule has 0 bridgehead atoms. The summed E-state index contributed by atoms with van der Waals surface area (Å²) in [6, 6.07) is 10.7. The summed E-state index contributed by atoms with van der Waals surface area (Å²) in [6.07, 6.45) is 0.482. The van der Waals surface area contributed by atoms with Crippen LogP contribution in [0.25, 0.3) is 10.9 Å². The molecule has 1 atom stereocenters. The first kappa shape index (κ1) is 22.7. The van der Waals surface area contributed by atoms with Crippen molar-refractivity contribution >= 4 is 34.3 Å². The van der Waals surface area contributed by atoms with E-state index in [1.807, 2.05) is 11.0 Å². The average molecular weight is 490 g/mol. The highest BCUT2D eigenvalue weighted by atomic mass is 19.1. The number of piperazine rings is 1. The quantitative estimate of drug-likeness (QED) is 0.551. The first-order chi connectivity index (χ1) is 17.4. The number of anilines is 1. The highest BCUT2D eigenvalue weighted by Crippen LogP contribution is 2.33. The second-order valence-corrected chi connectivity index (χ2v) is 9.90. The van der Waals surface area contributed by atoms with Gasteiger partial charge in [0, 0.05) is 67.8 Å². The minimum atomic E-state index is -0.703. The number of carbonyl (C=O) groups excluding carboxylic acids is 3. The number of aryl methyl sites for hydroxylation is 1. The van der Waals surface area contributed by atoms with Gasteiger partial charge in [-0.2, -0.15) is 0 Å². The van der Waals surface area contributed by atoms with Crippen LogP contribution < -0.4 is 10.2 Å². The minimum absolute atomic E-state index is 0.193. The Bertz CT molecular complexity index is 1390. The molecule has 3 aliphatic rings. The molecule has 3 amide bonds. The molecule has 36 heavy (non-hydrogen) atoms. The molecule has 1 aromatic heterocycles. The van der Waals surface area contributed by atoms with Crippen LogP contribution in [-0.4, -0.2) is 64.7 Å². The Hall–Kier alpha value is -3.72. The Morgan fingerprint density at radius 3 is 2.58 bits per heavy atom. The van der Waals surface area contributed by atoms with Crippen molar-refractivity contribution in [2.24, 2.45) is 0 Å². The van der Waals surface area contributed by atoms with E-state index in [4.69, 9.17) is 0 Å². The molecule has 4 heterocycles. The van der Waals surface area contributed by atoms with Crippen molar-refractivity contribution < 1.29 is 18.8 Å². The first-order valence-corrected chi connectivity index (χ1v) is 12.4. The van der Waals surface area contributed by atoms with Crippen LogP contribution in [0.3, 0.4) is 0 Å². The molecule has 0 saturated carbocycles. The van der Waals surface area contributed by atoms with Gasteiger partial charge < -0.3 is 14.8 Å². The highest BCUT2D eigenvalue weighted by Gasteiger charge is 2.40. The number of para-hydroxylation sites is 1. The molecule has 6 rings (SSSR count). The third kappa shape index (κ3) is 3.83. The number of piperidine rings is 1. The van der Waals surface area contributed by atoms with Crippen LogP contribution in [0.4, 0.5) is 10.1 Å². The maximum Gasteiger partial charge on any atom is 0.255 e. The number of halogens is 1. The lowest BCUT2D eigenvalue weighted by atomic mass is 10.0. The van der Waals surface area contributed by atoms with Gasteiger partial charge in [-0.3, -0.25) is 24.6 Å². The van der Waals surface area contributed by atoms with Crippen molar-refractivity contribution in [3.8, 4) is 0 Å². The van der Waals surface area contributed by atoms with E-state index < -0.39 is 17.8 Å². The van der Waals surface area contributed by atoms with Crippen LogP contribution in [0.5, 0.6) is 0 Å². The fraction of sp³-hybridized carbons (Fsp3) is 0.370. The second kappa shape index (κ2) is 8.74. The summed E-state index contributed by atoms with van der Waals surface area (Å²) in [5.41, 5.74) is 5.13. The van der Waals surface area contributed by atoms with Crippen LogP contribution in [-0.2, 0) is 22.7 Å². The summed E-state index contributed by atoms with van der Waals surface area (Å²) in [5.74, 6) is -1.57. The molecule has 8 nitrogen and oxygen atoms in total. The molecule has 2 N–H and O–H groups in total. The minimum Gasteiger partial charge on any atom is -0.367 e. The number of benzene rings is 2. The van der Waals surface area contributed by atoms with Crippen molar-refractivity contribution in [1.29, 1.82) is 0 Å². The third-order valence-corrected chi connectivity index (χ3v) is 7.75. The van der Waals surface area contributed by atoms with Gasteiger partial charge in [0.1, 0.15) is 11.9 Å². The molecule has 2 fully saturated rings. The Labute approximate surface area is 208 Å². The van der Waals surface area contributed by atoms with E-state index in [0.717, 1.165) is 30.7 Å². The number of aromatic amines is 1. The molecule has 2 saturated heterocycles. The fourth-order valence-corrected chi connectivity index (χ4v) is 5.69. The zero-order chi connectivity index (χ0) is 25.0. The molecule has 0 aliphatic carbocycles. The lowest BCUT2D eigenvalue weighted by Crippen LogP contribution is -2.52. The van der Waals surface area contributed by atoms with E-state index in [1.54, 1.807) is 6.07 Å². The van der Waals surface area contributed by atoms with E-state index in [2.05, 4.69) is 40.3 Å². The lowest BCUT2D eigenvalue weighted by molar-refractivity contribution is -0.136. The van der Waals surface area contributed by atoms with Gasteiger partial charge >= 0.3 is 0 Å². The zero-order valence-electron chi connectivity index (χ0n) is 20.1. The van der Waals surface area contributed by atoms with Gasteiger partial charge in [-0.05, 0) is 42.7 Å². The van der Waals surface area contributed by atoms with Gasteiger partial charge in [0.2, 0.25) is 11.8 Å². The fourth-order valence-electron chi connectivity index (χ4n) is 5.69. The van der Waals surface area contributed by atoms with Crippen LogP contribution in [0, 0.1) is 12.7 Å². The van der Waals surface area contributed by atoms with Crippen LogP contribution in [0.2, 0.25) is 0 Å². The van der Waals surface area contributed by atoms with Gasteiger partial charge in [-0.1, -0.05) is 18.2 Å².